The number of benzene rings is 3. The van der Waals surface area contributed by atoms with Gasteiger partial charge in [0.05, 0.1) is 21.3 Å². The first kappa shape index (κ1) is 25.5. The van der Waals surface area contributed by atoms with Crippen LogP contribution in [0.1, 0.15) is 50.3 Å². The van der Waals surface area contributed by atoms with E-state index in [9.17, 15) is 0 Å². The van der Waals surface area contributed by atoms with Crippen molar-refractivity contribution < 1.29 is 18.9 Å². The highest BCUT2D eigenvalue weighted by Crippen LogP contribution is 2.53. The van der Waals surface area contributed by atoms with E-state index >= 15 is 0 Å². The van der Waals surface area contributed by atoms with Crippen LogP contribution >= 0.6 is 0 Å². The van der Waals surface area contributed by atoms with Crippen molar-refractivity contribution in [1.29, 1.82) is 0 Å². The molecule has 0 unspecified atom stereocenters. The molecule has 0 aromatic heterocycles. The highest BCUT2D eigenvalue weighted by Gasteiger charge is 2.34. The van der Waals surface area contributed by atoms with Gasteiger partial charge in [-0.1, -0.05) is 12.1 Å². The molecule has 1 heterocycles. The summed E-state index contributed by atoms with van der Waals surface area (Å²) in [4.78, 5) is 4.66. The van der Waals surface area contributed by atoms with Crippen molar-refractivity contribution >= 4 is 11.4 Å². The Hall–Kier alpha value is -3.54. The smallest absolute Gasteiger partial charge is 0.133 e. The first-order valence-electron chi connectivity index (χ1n) is 12.8. The standard InChI is InChI=1S/C30H38N2O4/c1-8-31(9-2)20-12-14-23-25(16-20)36-26-17-21(32(10-3)11-4)13-15-24(26)29(23)30-27(34-6)18-22(33-5)19-28(30)35-7/h12-19,29H,8-11H2,1-7H3. The summed E-state index contributed by atoms with van der Waals surface area (Å²) in [6.45, 7) is 12.4. The normalized spacial score (nSPS) is 12.3. The van der Waals surface area contributed by atoms with Gasteiger partial charge in [-0.25, -0.2) is 0 Å². The van der Waals surface area contributed by atoms with E-state index in [1.165, 1.54) is 0 Å². The van der Waals surface area contributed by atoms with Gasteiger partial charge in [-0.3, -0.25) is 0 Å². The fourth-order valence-electron chi connectivity index (χ4n) is 5.18. The van der Waals surface area contributed by atoms with Gasteiger partial charge >= 0.3 is 0 Å². The zero-order chi connectivity index (χ0) is 25.8. The Morgan fingerprint density at radius 1 is 0.639 bits per heavy atom. The minimum Gasteiger partial charge on any atom is -0.496 e. The number of methoxy groups -OCH3 is 3. The second-order valence-corrected chi connectivity index (χ2v) is 8.77. The number of rotatable bonds is 10. The molecule has 0 radical (unpaired) electrons. The summed E-state index contributed by atoms with van der Waals surface area (Å²) in [5.41, 5.74) is 5.41. The van der Waals surface area contributed by atoms with E-state index in [0.29, 0.717) is 5.75 Å². The predicted molar refractivity (Wildman–Crippen MR) is 147 cm³/mol. The molecule has 0 spiro atoms. The Bertz CT molecular complexity index is 1120. The van der Waals surface area contributed by atoms with Crippen molar-refractivity contribution in [3.05, 3.63) is 65.2 Å². The fraction of sp³-hybridized carbons (Fsp3) is 0.400. The topological polar surface area (TPSA) is 43.4 Å². The number of anilines is 2. The molecule has 3 aromatic carbocycles. The van der Waals surface area contributed by atoms with E-state index in [1.807, 2.05) is 12.1 Å². The maximum Gasteiger partial charge on any atom is 0.133 e. The molecular weight excluding hydrogens is 452 g/mol. The van der Waals surface area contributed by atoms with Crippen LogP contribution in [0.5, 0.6) is 28.7 Å². The molecular formula is C30H38N2O4. The van der Waals surface area contributed by atoms with Crippen molar-refractivity contribution in [2.45, 2.75) is 33.6 Å². The minimum absolute atomic E-state index is 0.129. The average Bonchev–Trinajstić information content (AvgIpc) is 2.92. The zero-order valence-electron chi connectivity index (χ0n) is 22.6. The third-order valence-corrected chi connectivity index (χ3v) is 7.14. The third-order valence-electron chi connectivity index (χ3n) is 7.14. The molecule has 0 atom stereocenters. The van der Waals surface area contributed by atoms with Gasteiger partial charge in [-0.05, 0) is 39.8 Å². The Balaban J connectivity index is 1.97. The number of hydrogen-bond donors (Lipinski definition) is 0. The van der Waals surface area contributed by atoms with Crippen LogP contribution in [0.4, 0.5) is 11.4 Å². The van der Waals surface area contributed by atoms with Crippen molar-refractivity contribution in [3.8, 4) is 28.7 Å². The molecule has 1 aliphatic heterocycles. The lowest BCUT2D eigenvalue weighted by Crippen LogP contribution is -2.23. The van der Waals surface area contributed by atoms with Gasteiger partial charge in [-0.15, -0.1) is 0 Å². The van der Waals surface area contributed by atoms with Gasteiger partial charge in [0, 0.05) is 84.4 Å². The van der Waals surface area contributed by atoms with Gasteiger partial charge in [0.15, 0.2) is 0 Å². The van der Waals surface area contributed by atoms with Crippen molar-refractivity contribution in [1.82, 2.24) is 0 Å². The van der Waals surface area contributed by atoms with E-state index in [0.717, 1.165) is 77.2 Å². The second kappa shape index (κ2) is 11.0. The van der Waals surface area contributed by atoms with Crippen LogP contribution < -0.4 is 28.7 Å². The number of hydrogen-bond acceptors (Lipinski definition) is 6. The van der Waals surface area contributed by atoms with Crippen LogP contribution in [0, 0.1) is 0 Å². The van der Waals surface area contributed by atoms with Crippen LogP contribution in [0.2, 0.25) is 0 Å². The molecule has 0 aliphatic carbocycles. The average molecular weight is 491 g/mol. The molecule has 6 nitrogen and oxygen atoms in total. The van der Waals surface area contributed by atoms with Crippen molar-refractivity contribution in [2.24, 2.45) is 0 Å². The molecule has 0 amide bonds. The molecule has 0 saturated carbocycles. The fourth-order valence-corrected chi connectivity index (χ4v) is 5.18. The van der Waals surface area contributed by atoms with Gasteiger partial charge in [0.25, 0.3) is 0 Å². The van der Waals surface area contributed by atoms with E-state index in [2.05, 4.69) is 73.9 Å². The molecule has 192 valence electrons. The molecule has 0 bridgehead atoms. The summed E-state index contributed by atoms with van der Waals surface area (Å²) in [6, 6.07) is 16.9. The number of fused-ring (bicyclic) bond motifs is 2. The SMILES string of the molecule is CCN(CC)c1ccc2c(c1)Oc1cc(N(CC)CC)ccc1C2c1c(OC)cc(OC)cc1OC. The monoisotopic (exact) mass is 490 g/mol. The van der Waals surface area contributed by atoms with Crippen LogP contribution in [0.3, 0.4) is 0 Å². The summed E-state index contributed by atoms with van der Waals surface area (Å²) >= 11 is 0. The van der Waals surface area contributed by atoms with Gasteiger partial charge in [0.1, 0.15) is 28.7 Å². The van der Waals surface area contributed by atoms with Gasteiger partial charge < -0.3 is 28.7 Å². The van der Waals surface area contributed by atoms with Crippen LogP contribution in [0.15, 0.2) is 48.5 Å². The zero-order valence-corrected chi connectivity index (χ0v) is 22.6. The molecule has 3 aromatic rings. The quantitative estimate of drug-likeness (QED) is 0.247. The first-order valence-corrected chi connectivity index (χ1v) is 12.8. The van der Waals surface area contributed by atoms with Gasteiger partial charge in [-0.2, -0.15) is 0 Å². The van der Waals surface area contributed by atoms with Gasteiger partial charge in [0.2, 0.25) is 0 Å². The van der Waals surface area contributed by atoms with E-state index in [-0.39, 0.29) is 5.92 Å². The summed E-state index contributed by atoms with van der Waals surface area (Å²) in [7, 11) is 5.02. The lowest BCUT2D eigenvalue weighted by Gasteiger charge is -2.33. The predicted octanol–water partition coefficient (Wildman–Crippen LogP) is 6.69. The molecule has 0 N–H and O–H groups in total. The molecule has 0 fully saturated rings. The van der Waals surface area contributed by atoms with E-state index in [1.54, 1.807) is 21.3 Å². The lowest BCUT2D eigenvalue weighted by atomic mass is 9.81. The highest BCUT2D eigenvalue weighted by molar-refractivity contribution is 5.69. The van der Waals surface area contributed by atoms with Crippen molar-refractivity contribution in [3.63, 3.8) is 0 Å². The summed E-state index contributed by atoms with van der Waals surface area (Å²) in [5, 5.41) is 0. The molecule has 1 aliphatic rings. The van der Waals surface area contributed by atoms with Crippen LogP contribution in [-0.4, -0.2) is 47.5 Å². The number of ether oxygens (including phenoxy) is 4. The maximum atomic E-state index is 6.62. The third kappa shape index (κ3) is 4.52. The molecule has 4 rings (SSSR count). The highest BCUT2D eigenvalue weighted by atomic mass is 16.5. The maximum absolute atomic E-state index is 6.62. The first-order chi connectivity index (χ1) is 17.5. The largest absolute Gasteiger partial charge is 0.496 e. The van der Waals surface area contributed by atoms with E-state index in [4.69, 9.17) is 18.9 Å². The summed E-state index contributed by atoms with van der Waals surface area (Å²) in [6.07, 6.45) is 0. The Labute approximate surface area is 215 Å². The van der Waals surface area contributed by atoms with E-state index < -0.39 is 0 Å². The Morgan fingerprint density at radius 2 is 1.08 bits per heavy atom. The second-order valence-electron chi connectivity index (χ2n) is 8.77. The Kier molecular flexibility index (Phi) is 7.82. The lowest BCUT2D eigenvalue weighted by molar-refractivity contribution is 0.366. The molecule has 36 heavy (non-hydrogen) atoms. The molecule has 6 heteroatoms. The summed E-state index contributed by atoms with van der Waals surface area (Å²) in [5.74, 6) is 3.71. The molecule has 0 saturated heterocycles. The van der Waals surface area contributed by atoms with Crippen LogP contribution in [-0.2, 0) is 0 Å². The minimum atomic E-state index is -0.129. The number of nitrogens with zero attached hydrogens (tertiary/aromatic N) is 2. The van der Waals surface area contributed by atoms with Crippen molar-refractivity contribution in [2.75, 3.05) is 57.3 Å². The Morgan fingerprint density at radius 3 is 1.44 bits per heavy atom. The van der Waals surface area contributed by atoms with Crippen LogP contribution in [0.25, 0.3) is 0 Å². The summed E-state index contributed by atoms with van der Waals surface area (Å²) < 4.78 is 23.9.